The summed E-state index contributed by atoms with van der Waals surface area (Å²) in [5, 5.41) is 3.25. The molecule has 0 atom stereocenters. The average Bonchev–Trinajstić information content (AvgIpc) is 2.97. The quantitative estimate of drug-likeness (QED) is 0.652. The maximum absolute atomic E-state index is 12.0. The Kier molecular flexibility index (Phi) is 3.86. The number of Topliss-reactive ketones (excluding diaryl/α,β-unsaturated/α-hetero) is 1. The number of aromatic nitrogens is 2. The molecule has 0 unspecified atom stereocenters. The van der Waals surface area contributed by atoms with Crippen LogP contribution in [0.1, 0.15) is 23.7 Å². The lowest BCUT2D eigenvalue weighted by Crippen LogP contribution is -2.01. The fourth-order valence-corrected chi connectivity index (χ4v) is 2.85. The van der Waals surface area contributed by atoms with Gasteiger partial charge in [0, 0.05) is 11.4 Å². The number of halogens is 1. The van der Waals surface area contributed by atoms with Crippen LogP contribution in [0.15, 0.2) is 36.0 Å². The molecule has 0 saturated heterocycles. The molecule has 21 heavy (non-hydrogen) atoms. The van der Waals surface area contributed by atoms with Gasteiger partial charge in [-0.05, 0) is 29.6 Å². The van der Waals surface area contributed by atoms with E-state index in [2.05, 4.69) is 9.97 Å². The van der Waals surface area contributed by atoms with Crippen LogP contribution in [0.3, 0.4) is 0 Å². The molecule has 106 valence electrons. The topological polar surface area (TPSA) is 52.1 Å². The maximum Gasteiger partial charge on any atom is 0.231 e. The van der Waals surface area contributed by atoms with Crippen LogP contribution in [-0.4, -0.2) is 15.8 Å². The molecule has 0 aliphatic heterocycles. The van der Waals surface area contributed by atoms with Gasteiger partial charge < -0.3 is 4.74 Å². The Balaban J connectivity index is 2.05. The van der Waals surface area contributed by atoms with Crippen LogP contribution in [0.25, 0.3) is 10.2 Å². The number of ether oxygens (including phenoxy) is 1. The number of fused-ring (bicyclic) bond motifs is 1. The number of carbonyl (C=O) groups excluding carboxylic acids is 1. The fourth-order valence-electron chi connectivity index (χ4n) is 1.95. The fraction of sp³-hybridized carbons (Fsp3) is 0.133. The maximum atomic E-state index is 12.0. The molecule has 0 radical (unpaired) electrons. The lowest BCUT2D eigenvalue weighted by molar-refractivity contribution is 0.0986. The molecule has 0 saturated carbocycles. The van der Waals surface area contributed by atoms with E-state index >= 15 is 0 Å². The molecule has 4 nitrogen and oxygen atoms in total. The second kappa shape index (κ2) is 5.79. The number of benzene rings is 1. The second-order valence-electron chi connectivity index (χ2n) is 4.34. The lowest BCUT2D eigenvalue weighted by Gasteiger charge is -2.10. The third-order valence-electron chi connectivity index (χ3n) is 2.99. The summed E-state index contributed by atoms with van der Waals surface area (Å²) in [5.41, 5.74) is 0.465. The molecule has 0 bridgehead atoms. The monoisotopic (exact) mass is 318 g/mol. The normalized spacial score (nSPS) is 10.8. The molecule has 0 aliphatic rings. The molecule has 2 heterocycles. The van der Waals surface area contributed by atoms with Crippen molar-refractivity contribution < 1.29 is 9.53 Å². The van der Waals surface area contributed by atoms with E-state index in [0.29, 0.717) is 28.6 Å². The van der Waals surface area contributed by atoms with Crippen LogP contribution in [-0.2, 0) is 0 Å². The second-order valence-corrected chi connectivity index (χ2v) is 5.67. The van der Waals surface area contributed by atoms with Gasteiger partial charge in [-0.2, -0.15) is 0 Å². The van der Waals surface area contributed by atoms with Gasteiger partial charge in [-0.3, -0.25) is 4.79 Å². The molecular formula is C15H11ClN2O2S. The van der Waals surface area contributed by atoms with Crippen molar-refractivity contribution in [3.8, 4) is 11.6 Å². The number of rotatable bonds is 4. The first-order valence-electron chi connectivity index (χ1n) is 6.38. The number of hydrogen-bond acceptors (Lipinski definition) is 5. The van der Waals surface area contributed by atoms with Gasteiger partial charge in [0.05, 0.1) is 10.9 Å². The molecule has 0 fully saturated rings. The zero-order chi connectivity index (χ0) is 14.8. The zero-order valence-corrected chi connectivity index (χ0v) is 12.7. The van der Waals surface area contributed by atoms with Crippen molar-refractivity contribution in [1.82, 2.24) is 9.97 Å². The Bertz CT molecular complexity index is 816. The number of ketones is 1. The van der Waals surface area contributed by atoms with Crippen LogP contribution in [0.4, 0.5) is 0 Å². The minimum Gasteiger partial charge on any atom is -0.437 e. The van der Waals surface area contributed by atoms with Crippen LogP contribution >= 0.6 is 22.9 Å². The van der Waals surface area contributed by atoms with E-state index < -0.39 is 0 Å². The molecule has 2 aromatic heterocycles. The number of nitrogens with zero attached hydrogens (tertiary/aromatic N) is 2. The Hall–Kier alpha value is -1.98. The van der Waals surface area contributed by atoms with Crippen molar-refractivity contribution in [2.45, 2.75) is 13.3 Å². The number of carbonyl (C=O) groups is 1. The van der Waals surface area contributed by atoms with Gasteiger partial charge in [0.15, 0.2) is 5.78 Å². The van der Waals surface area contributed by atoms with Crippen LogP contribution in [0.2, 0.25) is 5.02 Å². The van der Waals surface area contributed by atoms with Gasteiger partial charge in [0.1, 0.15) is 16.9 Å². The first kappa shape index (κ1) is 14.0. The highest BCUT2D eigenvalue weighted by Crippen LogP contribution is 2.32. The van der Waals surface area contributed by atoms with Crippen molar-refractivity contribution in [2.75, 3.05) is 0 Å². The molecule has 1 aromatic carbocycles. The minimum atomic E-state index is -0.0249. The largest absolute Gasteiger partial charge is 0.437 e. The predicted octanol–water partition coefficient (Wildman–Crippen LogP) is 4.73. The van der Waals surface area contributed by atoms with E-state index in [9.17, 15) is 4.79 Å². The Morgan fingerprint density at radius 2 is 2.19 bits per heavy atom. The van der Waals surface area contributed by atoms with Crippen molar-refractivity contribution in [3.05, 3.63) is 46.6 Å². The highest BCUT2D eigenvalue weighted by atomic mass is 35.5. The SMILES string of the molecule is CCC(=O)c1cc(Cl)ccc1Oc1ncnc2sccc12. The molecule has 6 heteroatoms. The summed E-state index contributed by atoms with van der Waals surface area (Å²) in [6.45, 7) is 1.80. The van der Waals surface area contributed by atoms with Gasteiger partial charge in [-0.15, -0.1) is 11.3 Å². The summed E-state index contributed by atoms with van der Waals surface area (Å²) >= 11 is 7.48. The third kappa shape index (κ3) is 2.75. The summed E-state index contributed by atoms with van der Waals surface area (Å²) in [4.78, 5) is 21.2. The molecular weight excluding hydrogens is 308 g/mol. The Morgan fingerprint density at radius 1 is 1.33 bits per heavy atom. The van der Waals surface area contributed by atoms with E-state index in [-0.39, 0.29) is 5.78 Å². The molecule has 0 spiro atoms. The Labute approximate surface area is 130 Å². The summed E-state index contributed by atoms with van der Waals surface area (Å²) in [7, 11) is 0. The minimum absolute atomic E-state index is 0.0249. The van der Waals surface area contributed by atoms with E-state index in [1.807, 2.05) is 11.4 Å². The third-order valence-corrected chi connectivity index (χ3v) is 4.05. The number of thiophene rings is 1. The van der Waals surface area contributed by atoms with Gasteiger partial charge in [0.2, 0.25) is 5.88 Å². The first-order valence-corrected chi connectivity index (χ1v) is 7.63. The van der Waals surface area contributed by atoms with Crippen molar-refractivity contribution in [3.63, 3.8) is 0 Å². The van der Waals surface area contributed by atoms with Crippen molar-refractivity contribution in [2.24, 2.45) is 0 Å². The van der Waals surface area contributed by atoms with E-state index in [1.165, 1.54) is 17.7 Å². The van der Waals surface area contributed by atoms with Gasteiger partial charge in [-0.25, -0.2) is 9.97 Å². The summed E-state index contributed by atoms with van der Waals surface area (Å²) in [6.07, 6.45) is 1.83. The van der Waals surface area contributed by atoms with Gasteiger partial charge >= 0.3 is 0 Å². The Morgan fingerprint density at radius 3 is 3.00 bits per heavy atom. The van der Waals surface area contributed by atoms with E-state index in [4.69, 9.17) is 16.3 Å². The molecule has 0 aliphatic carbocycles. The lowest BCUT2D eigenvalue weighted by atomic mass is 10.1. The molecule has 0 amide bonds. The first-order chi connectivity index (χ1) is 10.2. The van der Waals surface area contributed by atoms with Crippen LogP contribution in [0, 0.1) is 0 Å². The van der Waals surface area contributed by atoms with E-state index in [1.54, 1.807) is 25.1 Å². The van der Waals surface area contributed by atoms with Crippen molar-refractivity contribution >= 4 is 38.9 Å². The van der Waals surface area contributed by atoms with Gasteiger partial charge in [-0.1, -0.05) is 18.5 Å². The summed E-state index contributed by atoms with van der Waals surface area (Å²) < 4.78 is 5.84. The number of hydrogen-bond donors (Lipinski definition) is 0. The molecule has 3 aromatic rings. The smallest absolute Gasteiger partial charge is 0.231 e. The highest BCUT2D eigenvalue weighted by Gasteiger charge is 2.14. The van der Waals surface area contributed by atoms with Crippen LogP contribution < -0.4 is 4.74 Å². The summed E-state index contributed by atoms with van der Waals surface area (Å²) in [6, 6.07) is 6.89. The van der Waals surface area contributed by atoms with E-state index in [0.717, 1.165) is 10.2 Å². The standard InChI is InChI=1S/C15H11ClN2O2S/c1-2-12(19)11-7-9(16)3-4-13(11)20-14-10-5-6-21-15(10)18-8-17-14/h3-8H,2H2,1H3. The molecule has 0 N–H and O–H groups in total. The predicted molar refractivity (Wildman–Crippen MR) is 83.6 cm³/mol. The zero-order valence-electron chi connectivity index (χ0n) is 11.2. The molecule has 3 rings (SSSR count). The average molecular weight is 319 g/mol. The van der Waals surface area contributed by atoms with Crippen LogP contribution in [0.5, 0.6) is 11.6 Å². The van der Waals surface area contributed by atoms with Gasteiger partial charge in [0.25, 0.3) is 0 Å². The highest BCUT2D eigenvalue weighted by molar-refractivity contribution is 7.16. The summed E-state index contributed by atoms with van der Waals surface area (Å²) in [5.74, 6) is 0.870. The van der Waals surface area contributed by atoms with Crippen molar-refractivity contribution in [1.29, 1.82) is 0 Å².